The van der Waals surface area contributed by atoms with Gasteiger partial charge in [0.05, 0.1) is 11.4 Å². The second kappa shape index (κ2) is 6.47. The fraction of sp³-hybridized carbons (Fsp3) is 0.733. The van der Waals surface area contributed by atoms with Gasteiger partial charge in [-0.2, -0.15) is 5.10 Å². The highest BCUT2D eigenvalue weighted by Crippen LogP contribution is 2.21. The molecule has 2 N–H and O–H groups in total. The van der Waals surface area contributed by atoms with Crippen LogP contribution in [0.3, 0.4) is 0 Å². The zero-order chi connectivity index (χ0) is 15.6. The minimum atomic E-state index is -0.0196. The molecule has 1 aliphatic heterocycles. The van der Waals surface area contributed by atoms with Crippen molar-refractivity contribution in [3.8, 4) is 0 Å². The topological polar surface area (TPSA) is 67.4 Å². The predicted molar refractivity (Wildman–Crippen MR) is 84.2 cm³/mol. The molecule has 118 valence electrons. The first kappa shape index (κ1) is 15.8. The van der Waals surface area contributed by atoms with E-state index in [4.69, 9.17) is 5.73 Å². The zero-order valence-electron chi connectivity index (χ0n) is 13.6. The first-order valence-electron chi connectivity index (χ1n) is 7.70. The molecule has 1 fully saturated rings. The summed E-state index contributed by atoms with van der Waals surface area (Å²) in [5.41, 5.74) is 7.81. The normalized spacial score (nSPS) is 17.1. The van der Waals surface area contributed by atoms with Gasteiger partial charge in [0, 0.05) is 20.1 Å². The summed E-state index contributed by atoms with van der Waals surface area (Å²) in [5.74, 6) is 0.560. The number of aromatic nitrogens is 2. The van der Waals surface area contributed by atoms with Crippen molar-refractivity contribution >= 4 is 11.6 Å². The second-order valence-corrected chi connectivity index (χ2v) is 6.10. The summed E-state index contributed by atoms with van der Waals surface area (Å²) < 4.78 is 1.71. The van der Waals surface area contributed by atoms with Crippen LogP contribution in [0.25, 0.3) is 0 Å². The summed E-state index contributed by atoms with van der Waals surface area (Å²) in [7, 11) is 4.01. The maximum absolute atomic E-state index is 12.7. The Morgan fingerprint density at radius 3 is 2.62 bits per heavy atom. The number of likely N-dealkylation sites (tertiary alicyclic amines) is 1. The van der Waals surface area contributed by atoms with Crippen LogP contribution in [0.4, 0.5) is 5.69 Å². The van der Waals surface area contributed by atoms with Crippen LogP contribution in [0, 0.1) is 12.8 Å². The molecule has 0 bridgehead atoms. The Kier molecular flexibility index (Phi) is 4.88. The standard InChI is InChI=1S/C15H27N5O/c1-5-20-14(13(16)11(2)17-20)15(21)19(4)10-12-6-8-18(3)9-7-12/h12H,5-10,16H2,1-4H3. The molecular formula is C15H27N5O. The van der Waals surface area contributed by atoms with Gasteiger partial charge in [0.15, 0.2) is 0 Å². The van der Waals surface area contributed by atoms with Crippen LogP contribution in [0.1, 0.15) is 35.9 Å². The number of anilines is 1. The molecule has 0 atom stereocenters. The minimum absolute atomic E-state index is 0.0196. The summed E-state index contributed by atoms with van der Waals surface area (Å²) in [6.07, 6.45) is 2.30. The summed E-state index contributed by atoms with van der Waals surface area (Å²) in [6.45, 7) is 7.48. The van der Waals surface area contributed by atoms with E-state index >= 15 is 0 Å². The van der Waals surface area contributed by atoms with E-state index in [1.54, 1.807) is 9.58 Å². The molecular weight excluding hydrogens is 266 g/mol. The van der Waals surface area contributed by atoms with Gasteiger partial charge in [-0.1, -0.05) is 0 Å². The smallest absolute Gasteiger partial charge is 0.274 e. The Morgan fingerprint density at radius 2 is 2.05 bits per heavy atom. The summed E-state index contributed by atoms with van der Waals surface area (Å²) >= 11 is 0. The molecule has 0 unspecified atom stereocenters. The number of hydrogen-bond donors (Lipinski definition) is 1. The summed E-state index contributed by atoms with van der Waals surface area (Å²) in [4.78, 5) is 16.8. The van der Waals surface area contributed by atoms with Gasteiger partial charge in [0.25, 0.3) is 5.91 Å². The van der Waals surface area contributed by atoms with E-state index in [0.29, 0.717) is 23.8 Å². The molecule has 1 aromatic rings. The highest BCUT2D eigenvalue weighted by atomic mass is 16.2. The fourth-order valence-electron chi connectivity index (χ4n) is 2.95. The molecule has 6 heteroatoms. The number of aryl methyl sites for hydroxylation is 2. The van der Waals surface area contributed by atoms with E-state index in [1.165, 1.54) is 0 Å². The van der Waals surface area contributed by atoms with Crippen molar-refractivity contribution in [3.63, 3.8) is 0 Å². The molecule has 1 amide bonds. The summed E-state index contributed by atoms with van der Waals surface area (Å²) in [6, 6.07) is 0. The molecule has 1 saturated heterocycles. The number of piperidine rings is 1. The number of carbonyl (C=O) groups excluding carboxylic acids is 1. The van der Waals surface area contributed by atoms with Gasteiger partial charge < -0.3 is 15.5 Å². The van der Waals surface area contributed by atoms with E-state index in [2.05, 4.69) is 17.0 Å². The van der Waals surface area contributed by atoms with Gasteiger partial charge in [-0.25, -0.2) is 0 Å². The lowest BCUT2D eigenvalue weighted by atomic mass is 9.96. The average Bonchev–Trinajstić information content (AvgIpc) is 2.76. The third-order valence-electron chi connectivity index (χ3n) is 4.39. The molecule has 0 aromatic carbocycles. The third-order valence-corrected chi connectivity index (χ3v) is 4.39. The largest absolute Gasteiger partial charge is 0.395 e. The van der Waals surface area contributed by atoms with E-state index in [-0.39, 0.29) is 5.91 Å². The van der Waals surface area contributed by atoms with Crippen LogP contribution < -0.4 is 5.73 Å². The molecule has 1 aromatic heterocycles. The van der Waals surface area contributed by atoms with E-state index in [0.717, 1.165) is 38.2 Å². The van der Waals surface area contributed by atoms with Crippen molar-refractivity contribution in [2.45, 2.75) is 33.2 Å². The van der Waals surface area contributed by atoms with Gasteiger partial charge >= 0.3 is 0 Å². The van der Waals surface area contributed by atoms with Crippen molar-refractivity contribution in [3.05, 3.63) is 11.4 Å². The van der Waals surface area contributed by atoms with Crippen LogP contribution in [-0.4, -0.2) is 59.2 Å². The minimum Gasteiger partial charge on any atom is -0.395 e. The van der Waals surface area contributed by atoms with Gasteiger partial charge in [0.1, 0.15) is 5.69 Å². The Morgan fingerprint density at radius 1 is 1.43 bits per heavy atom. The highest BCUT2D eigenvalue weighted by molar-refractivity contribution is 5.97. The van der Waals surface area contributed by atoms with Gasteiger partial charge in [-0.15, -0.1) is 0 Å². The van der Waals surface area contributed by atoms with E-state index < -0.39 is 0 Å². The maximum atomic E-state index is 12.7. The lowest BCUT2D eigenvalue weighted by Gasteiger charge is -2.31. The molecule has 21 heavy (non-hydrogen) atoms. The Labute approximate surface area is 126 Å². The highest BCUT2D eigenvalue weighted by Gasteiger charge is 2.25. The Bertz CT molecular complexity index is 502. The van der Waals surface area contributed by atoms with Crippen LogP contribution >= 0.6 is 0 Å². The summed E-state index contributed by atoms with van der Waals surface area (Å²) in [5, 5.41) is 4.33. The number of hydrogen-bond acceptors (Lipinski definition) is 4. The molecule has 1 aliphatic rings. The number of nitrogens with zero attached hydrogens (tertiary/aromatic N) is 4. The fourth-order valence-corrected chi connectivity index (χ4v) is 2.95. The quantitative estimate of drug-likeness (QED) is 0.906. The number of rotatable bonds is 4. The molecule has 0 radical (unpaired) electrons. The Balaban J connectivity index is 2.06. The predicted octanol–water partition coefficient (Wildman–Crippen LogP) is 1.21. The SMILES string of the molecule is CCn1nc(C)c(N)c1C(=O)N(C)CC1CCN(C)CC1. The van der Waals surface area contributed by atoms with Crippen molar-refractivity contribution < 1.29 is 4.79 Å². The monoisotopic (exact) mass is 293 g/mol. The first-order valence-corrected chi connectivity index (χ1v) is 7.70. The number of nitrogen functional groups attached to an aromatic ring is 1. The second-order valence-electron chi connectivity index (χ2n) is 6.10. The van der Waals surface area contributed by atoms with Crippen LogP contribution in [-0.2, 0) is 6.54 Å². The van der Waals surface area contributed by atoms with Crippen LogP contribution in [0.5, 0.6) is 0 Å². The molecule has 0 aliphatic carbocycles. The van der Waals surface area contributed by atoms with Gasteiger partial charge in [0.2, 0.25) is 0 Å². The zero-order valence-corrected chi connectivity index (χ0v) is 13.6. The maximum Gasteiger partial charge on any atom is 0.274 e. The number of amides is 1. The first-order chi connectivity index (χ1) is 9.93. The molecule has 2 heterocycles. The Hall–Kier alpha value is -1.56. The lowest BCUT2D eigenvalue weighted by molar-refractivity contribution is 0.0736. The molecule has 6 nitrogen and oxygen atoms in total. The van der Waals surface area contributed by atoms with Crippen LogP contribution in [0.2, 0.25) is 0 Å². The van der Waals surface area contributed by atoms with Gasteiger partial charge in [-0.3, -0.25) is 9.48 Å². The average molecular weight is 293 g/mol. The molecule has 0 saturated carbocycles. The van der Waals surface area contributed by atoms with Crippen molar-refractivity contribution in [1.29, 1.82) is 0 Å². The van der Waals surface area contributed by atoms with Gasteiger partial charge in [-0.05, 0) is 52.7 Å². The van der Waals surface area contributed by atoms with Crippen molar-refractivity contribution in [2.24, 2.45) is 5.92 Å². The van der Waals surface area contributed by atoms with E-state index in [1.807, 2.05) is 20.9 Å². The lowest BCUT2D eigenvalue weighted by Crippen LogP contribution is -2.38. The number of nitrogens with two attached hydrogens (primary N) is 1. The number of carbonyl (C=O) groups is 1. The molecule has 0 spiro atoms. The third kappa shape index (κ3) is 3.37. The van der Waals surface area contributed by atoms with Crippen LogP contribution in [0.15, 0.2) is 0 Å². The van der Waals surface area contributed by atoms with E-state index in [9.17, 15) is 4.79 Å². The van der Waals surface area contributed by atoms with Crippen molar-refractivity contribution in [1.82, 2.24) is 19.6 Å². The van der Waals surface area contributed by atoms with Crippen molar-refractivity contribution in [2.75, 3.05) is 39.5 Å². The molecule has 2 rings (SSSR count).